The Bertz CT molecular complexity index is 433. The molecule has 1 heterocycles. The Labute approximate surface area is 121 Å². The molecule has 0 saturated carbocycles. The number of halogens is 1. The maximum atomic E-state index is 13.4. The molecular weight excluding hydrogens is 253 g/mol. The van der Waals surface area contributed by atoms with Gasteiger partial charge in [-0.25, -0.2) is 4.39 Å². The maximum absolute atomic E-state index is 13.4. The fraction of sp³-hybridized carbons (Fsp3) is 0.647. The van der Waals surface area contributed by atoms with Crippen molar-refractivity contribution in [3.05, 3.63) is 29.6 Å². The molecule has 2 atom stereocenters. The molecule has 0 spiro atoms. The molecule has 0 aliphatic carbocycles. The van der Waals surface area contributed by atoms with Gasteiger partial charge in [-0.3, -0.25) is 0 Å². The molecule has 1 N–H and O–H groups in total. The van der Waals surface area contributed by atoms with Crippen molar-refractivity contribution < 1.29 is 9.50 Å². The summed E-state index contributed by atoms with van der Waals surface area (Å²) in [6, 6.07) is 4.78. The van der Waals surface area contributed by atoms with Crippen molar-refractivity contribution in [1.82, 2.24) is 0 Å². The number of aliphatic hydroxyl groups is 1. The lowest BCUT2D eigenvalue weighted by Crippen LogP contribution is -2.25. The molecule has 1 aliphatic heterocycles. The fourth-order valence-corrected chi connectivity index (χ4v) is 3.25. The molecule has 2 nitrogen and oxygen atoms in total. The second-order valence-corrected chi connectivity index (χ2v) is 5.95. The van der Waals surface area contributed by atoms with Gasteiger partial charge in [0.15, 0.2) is 0 Å². The molecule has 1 aromatic carbocycles. The minimum absolute atomic E-state index is 0.275. The van der Waals surface area contributed by atoms with Crippen LogP contribution in [0.25, 0.3) is 0 Å². The Morgan fingerprint density at radius 1 is 1.35 bits per heavy atom. The fourth-order valence-electron chi connectivity index (χ4n) is 3.25. The normalized spacial score (nSPS) is 21.6. The van der Waals surface area contributed by atoms with Crippen LogP contribution < -0.4 is 4.90 Å². The van der Waals surface area contributed by atoms with E-state index < -0.39 is 6.10 Å². The minimum Gasteiger partial charge on any atom is -0.389 e. The number of anilines is 1. The first-order valence-electron chi connectivity index (χ1n) is 7.84. The van der Waals surface area contributed by atoms with Crippen LogP contribution in [0.4, 0.5) is 10.1 Å². The highest BCUT2D eigenvalue weighted by molar-refractivity contribution is 5.54. The van der Waals surface area contributed by atoms with Crippen LogP contribution in [0, 0.1) is 11.7 Å². The molecule has 0 aromatic heterocycles. The molecule has 112 valence electrons. The predicted molar refractivity (Wildman–Crippen MR) is 81.5 cm³/mol. The van der Waals surface area contributed by atoms with E-state index in [9.17, 15) is 9.50 Å². The van der Waals surface area contributed by atoms with Gasteiger partial charge in [0, 0.05) is 24.3 Å². The predicted octanol–water partition coefficient (Wildman–Crippen LogP) is 4.29. The maximum Gasteiger partial charge on any atom is 0.123 e. The van der Waals surface area contributed by atoms with Gasteiger partial charge in [-0.1, -0.05) is 19.8 Å². The summed E-state index contributed by atoms with van der Waals surface area (Å²) in [4.78, 5) is 2.32. The van der Waals surface area contributed by atoms with E-state index in [0.717, 1.165) is 24.7 Å². The Morgan fingerprint density at radius 3 is 2.85 bits per heavy atom. The number of benzene rings is 1. The van der Waals surface area contributed by atoms with Gasteiger partial charge in [0.1, 0.15) is 5.82 Å². The highest BCUT2D eigenvalue weighted by atomic mass is 19.1. The van der Waals surface area contributed by atoms with E-state index in [1.54, 1.807) is 6.92 Å². The lowest BCUT2D eigenvalue weighted by atomic mass is 9.96. The average Bonchev–Trinajstić information content (AvgIpc) is 2.65. The zero-order valence-electron chi connectivity index (χ0n) is 12.6. The number of nitrogens with zero attached hydrogens (tertiary/aromatic N) is 1. The largest absolute Gasteiger partial charge is 0.389 e. The molecule has 3 heteroatoms. The Balaban J connectivity index is 2.15. The second-order valence-electron chi connectivity index (χ2n) is 5.95. The number of hydrogen-bond acceptors (Lipinski definition) is 2. The van der Waals surface area contributed by atoms with Crippen LogP contribution in [0.15, 0.2) is 18.2 Å². The highest BCUT2D eigenvalue weighted by Gasteiger charge is 2.20. The van der Waals surface area contributed by atoms with Crippen molar-refractivity contribution >= 4 is 5.69 Å². The van der Waals surface area contributed by atoms with Gasteiger partial charge in [-0.2, -0.15) is 0 Å². The van der Waals surface area contributed by atoms with Crippen LogP contribution in [-0.2, 0) is 0 Å². The highest BCUT2D eigenvalue weighted by Crippen LogP contribution is 2.31. The van der Waals surface area contributed by atoms with Crippen molar-refractivity contribution in [1.29, 1.82) is 0 Å². The van der Waals surface area contributed by atoms with Crippen molar-refractivity contribution in [3.63, 3.8) is 0 Å². The number of rotatable bonds is 4. The van der Waals surface area contributed by atoms with Crippen LogP contribution in [0.1, 0.15) is 57.6 Å². The Morgan fingerprint density at radius 2 is 2.15 bits per heavy atom. The first-order valence-corrected chi connectivity index (χ1v) is 7.84. The van der Waals surface area contributed by atoms with Gasteiger partial charge >= 0.3 is 0 Å². The van der Waals surface area contributed by atoms with Crippen molar-refractivity contribution in [2.24, 2.45) is 5.92 Å². The first kappa shape index (κ1) is 15.3. The third kappa shape index (κ3) is 3.72. The zero-order chi connectivity index (χ0) is 14.5. The number of hydrogen-bond donors (Lipinski definition) is 1. The Hall–Kier alpha value is -1.09. The summed E-state index contributed by atoms with van der Waals surface area (Å²) in [5, 5.41) is 9.87. The van der Waals surface area contributed by atoms with Crippen LogP contribution in [0.5, 0.6) is 0 Å². The SMILES string of the molecule is CCCC1CCCN(c2ccc(F)cc2[C@H](C)O)CC1. The molecule has 20 heavy (non-hydrogen) atoms. The van der Waals surface area contributed by atoms with E-state index >= 15 is 0 Å². The van der Waals surface area contributed by atoms with Gasteiger partial charge in [-0.15, -0.1) is 0 Å². The molecule has 2 rings (SSSR count). The Kier molecular flexibility index (Phi) is 5.41. The second kappa shape index (κ2) is 7.07. The van der Waals surface area contributed by atoms with E-state index in [4.69, 9.17) is 0 Å². The molecule has 0 bridgehead atoms. The van der Waals surface area contributed by atoms with Crippen LogP contribution >= 0.6 is 0 Å². The summed E-state index contributed by atoms with van der Waals surface area (Å²) in [6.45, 7) is 5.96. The molecule has 0 amide bonds. The summed E-state index contributed by atoms with van der Waals surface area (Å²) in [5.41, 5.74) is 1.71. The molecule has 1 aromatic rings. The summed E-state index contributed by atoms with van der Waals surface area (Å²) in [5.74, 6) is 0.545. The van der Waals surface area contributed by atoms with Gasteiger partial charge in [0.2, 0.25) is 0 Å². The summed E-state index contributed by atoms with van der Waals surface area (Å²) >= 11 is 0. The monoisotopic (exact) mass is 279 g/mol. The topological polar surface area (TPSA) is 23.5 Å². The van der Waals surface area contributed by atoms with Crippen molar-refractivity contribution in [2.45, 2.75) is 52.1 Å². The first-order chi connectivity index (χ1) is 9.61. The molecular formula is C17H26FNO. The lowest BCUT2D eigenvalue weighted by molar-refractivity contribution is 0.199. The van der Waals surface area contributed by atoms with Crippen LogP contribution in [-0.4, -0.2) is 18.2 Å². The summed E-state index contributed by atoms with van der Waals surface area (Å²) in [6.07, 6.45) is 5.59. The van der Waals surface area contributed by atoms with Gasteiger partial charge in [-0.05, 0) is 50.3 Å². The zero-order valence-corrected chi connectivity index (χ0v) is 12.6. The number of aliphatic hydroxyl groups excluding tert-OH is 1. The smallest absolute Gasteiger partial charge is 0.123 e. The molecule has 1 saturated heterocycles. The molecule has 0 radical (unpaired) electrons. The van der Waals surface area contributed by atoms with Gasteiger partial charge < -0.3 is 10.0 Å². The van der Waals surface area contributed by atoms with E-state index in [1.807, 2.05) is 6.07 Å². The van der Waals surface area contributed by atoms with Gasteiger partial charge in [0.05, 0.1) is 6.10 Å². The van der Waals surface area contributed by atoms with Crippen molar-refractivity contribution in [2.75, 3.05) is 18.0 Å². The quantitative estimate of drug-likeness (QED) is 0.889. The minimum atomic E-state index is -0.629. The van der Waals surface area contributed by atoms with E-state index in [1.165, 1.54) is 44.2 Å². The standard InChI is InChI=1S/C17H26FNO/c1-3-5-14-6-4-10-19(11-9-14)17-8-7-15(18)12-16(17)13(2)20/h7-8,12-14,20H,3-6,9-11H2,1-2H3/t13-,14?/m0/s1. The van der Waals surface area contributed by atoms with Gasteiger partial charge in [0.25, 0.3) is 0 Å². The average molecular weight is 279 g/mol. The van der Waals surface area contributed by atoms with E-state index in [2.05, 4.69) is 11.8 Å². The summed E-state index contributed by atoms with van der Waals surface area (Å²) in [7, 11) is 0. The third-order valence-electron chi connectivity index (χ3n) is 4.32. The third-order valence-corrected chi connectivity index (χ3v) is 4.32. The van der Waals surface area contributed by atoms with E-state index in [0.29, 0.717) is 5.56 Å². The van der Waals surface area contributed by atoms with Crippen LogP contribution in [0.3, 0.4) is 0 Å². The molecule has 1 aliphatic rings. The molecule has 1 unspecified atom stereocenters. The van der Waals surface area contributed by atoms with Crippen molar-refractivity contribution in [3.8, 4) is 0 Å². The molecule has 1 fully saturated rings. The lowest BCUT2D eigenvalue weighted by Gasteiger charge is -2.26. The summed E-state index contributed by atoms with van der Waals surface area (Å²) < 4.78 is 13.4. The van der Waals surface area contributed by atoms with E-state index in [-0.39, 0.29) is 5.82 Å². The van der Waals surface area contributed by atoms with Crippen LogP contribution in [0.2, 0.25) is 0 Å².